The molecule has 0 bridgehead atoms. The maximum Gasteiger partial charge on any atom is 0.140 e. The monoisotopic (exact) mass is 265 g/mol. The molecule has 0 N–H and O–H groups in total. The van der Waals surface area contributed by atoms with E-state index in [0.717, 1.165) is 18.1 Å². The molecule has 0 aromatic carbocycles. The molecular formula is C17H19N3. The molecule has 0 amide bonds. The SMILES string of the molecule is CC(C)(C)c1cc2cccn(Cc3cccnc3)c-2n1. The Bertz CT molecular complexity index is 677. The van der Waals surface area contributed by atoms with E-state index in [2.05, 4.69) is 60.8 Å². The maximum atomic E-state index is 4.82. The fourth-order valence-electron chi connectivity index (χ4n) is 2.30. The van der Waals surface area contributed by atoms with Crippen molar-refractivity contribution >= 4 is 0 Å². The van der Waals surface area contributed by atoms with Crippen LogP contribution in [-0.2, 0) is 12.0 Å². The fraction of sp³-hybridized carbons (Fsp3) is 0.294. The summed E-state index contributed by atoms with van der Waals surface area (Å²) >= 11 is 0. The predicted octanol–water partition coefficient (Wildman–Crippen LogP) is 3.73. The summed E-state index contributed by atoms with van der Waals surface area (Å²) in [5.41, 5.74) is 3.59. The summed E-state index contributed by atoms with van der Waals surface area (Å²) in [5.74, 6) is 1.04. The van der Waals surface area contributed by atoms with Crippen molar-refractivity contribution in [2.45, 2.75) is 32.7 Å². The zero-order valence-corrected chi connectivity index (χ0v) is 12.2. The van der Waals surface area contributed by atoms with Crippen molar-refractivity contribution in [3.8, 4) is 11.4 Å². The van der Waals surface area contributed by atoms with Crippen LogP contribution in [0.15, 0.2) is 48.9 Å². The van der Waals surface area contributed by atoms with Gasteiger partial charge in [0.15, 0.2) is 0 Å². The van der Waals surface area contributed by atoms with Gasteiger partial charge in [0.2, 0.25) is 0 Å². The summed E-state index contributed by atoms with van der Waals surface area (Å²) in [5, 5.41) is 0. The molecule has 0 fully saturated rings. The minimum Gasteiger partial charge on any atom is -0.328 e. The van der Waals surface area contributed by atoms with Crippen LogP contribution < -0.4 is 0 Å². The normalized spacial score (nSPS) is 11.9. The summed E-state index contributed by atoms with van der Waals surface area (Å²) in [7, 11) is 0. The topological polar surface area (TPSA) is 30.7 Å². The number of fused-ring (bicyclic) bond motifs is 1. The van der Waals surface area contributed by atoms with Gasteiger partial charge < -0.3 is 4.57 Å². The van der Waals surface area contributed by atoms with Gasteiger partial charge in [-0.25, -0.2) is 4.98 Å². The second kappa shape index (κ2) is 4.75. The van der Waals surface area contributed by atoms with Gasteiger partial charge in [-0.2, -0.15) is 0 Å². The first kappa shape index (κ1) is 12.9. The summed E-state index contributed by atoms with van der Waals surface area (Å²) in [6, 6.07) is 10.4. The van der Waals surface area contributed by atoms with Gasteiger partial charge in [-0.05, 0) is 29.8 Å². The maximum absolute atomic E-state index is 4.82. The zero-order chi connectivity index (χ0) is 14.2. The van der Waals surface area contributed by atoms with Gasteiger partial charge in [-0.15, -0.1) is 0 Å². The third-order valence-electron chi connectivity index (χ3n) is 3.43. The molecule has 102 valence electrons. The molecule has 3 rings (SSSR count). The highest BCUT2D eigenvalue weighted by atomic mass is 15.0. The van der Waals surface area contributed by atoms with Crippen LogP contribution in [0.4, 0.5) is 0 Å². The molecule has 2 aliphatic rings. The molecule has 2 aliphatic heterocycles. The molecule has 3 heterocycles. The molecule has 20 heavy (non-hydrogen) atoms. The Kier molecular flexibility index (Phi) is 3.05. The Hall–Kier alpha value is -2.16. The van der Waals surface area contributed by atoms with E-state index >= 15 is 0 Å². The molecule has 0 saturated carbocycles. The van der Waals surface area contributed by atoms with Crippen molar-refractivity contribution in [3.63, 3.8) is 0 Å². The smallest absolute Gasteiger partial charge is 0.140 e. The van der Waals surface area contributed by atoms with Crippen molar-refractivity contribution in [3.05, 3.63) is 60.2 Å². The first-order chi connectivity index (χ1) is 9.54. The van der Waals surface area contributed by atoms with Crippen LogP contribution >= 0.6 is 0 Å². The molecular weight excluding hydrogens is 246 g/mol. The van der Waals surface area contributed by atoms with Crippen molar-refractivity contribution in [2.24, 2.45) is 0 Å². The summed E-state index contributed by atoms with van der Waals surface area (Å²) in [6.07, 6.45) is 5.78. The lowest BCUT2D eigenvalue weighted by atomic mass is 9.92. The van der Waals surface area contributed by atoms with Gasteiger partial charge in [0.05, 0.1) is 6.54 Å². The Morgan fingerprint density at radius 1 is 1.15 bits per heavy atom. The van der Waals surface area contributed by atoms with Crippen molar-refractivity contribution in [1.29, 1.82) is 0 Å². The number of nitrogens with zero attached hydrogens (tertiary/aromatic N) is 3. The second-order valence-electron chi connectivity index (χ2n) is 6.17. The van der Waals surface area contributed by atoms with E-state index in [1.807, 2.05) is 12.3 Å². The van der Waals surface area contributed by atoms with E-state index in [4.69, 9.17) is 4.98 Å². The highest BCUT2D eigenvalue weighted by Crippen LogP contribution is 2.29. The Morgan fingerprint density at radius 2 is 2.00 bits per heavy atom. The highest BCUT2D eigenvalue weighted by Gasteiger charge is 2.21. The van der Waals surface area contributed by atoms with Gasteiger partial charge in [-0.1, -0.05) is 26.8 Å². The average Bonchev–Trinajstić information content (AvgIpc) is 2.85. The Balaban J connectivity index is 2.02. The molecule has 0 unspecified atom stereocenters. The van der Waals surface area contributed by atoms with Crippen LogP contribution in [0.3, 0.4) is 0 Å². The summed E-state index contributed by atoms with van der Waals surface area (Å²) in [6.45, 7) is 7.38. The summed E-state index contributed by atoms with van der Waals surface area (Å²) < 4.78 is 2.18. The van der Waals surface area contributed by atoms with Crippen molar-refractivity contribution < 1.29 is 0 Å². The van der Waals surface area contributed by atoms with E-state index in [9.17, 15) is 0 Å². The van der Waals surface area contributed by atoms with Crippen LogP contribution in [0.5, 0.6) is 0 Å². The molecule has 0 atom stereocenters. The fourth-order valence-corrected chi connectivity index (χ4v) is 2.30. The van der Waals surface area contributed by atoms with Gasteiger partial charge in [0.1, 0.15) is 5.82 Å². The third kappa shape index (κ3) is 2.44. The first-order valence-corrected chi connectivity index (χ1v) is 6.89. The van der Waals surface area contributed by atoms with Crippen LogP contribution in [0, 0.1) is 0 Å². The molecule has 0 saturated heterocycles. The number of aromatic nitrogens is 3. The van der Waals surface area contributed by atoms with E-state index < -0.39 is 0 Å². The first-order valence-electron chi connectivity index (χ1n) is 6.89. The highest BCUT2D eigenvalue weighted by molar-refractivity contribution is 5.60. The number of rotatable bonds is 2. The number of hydrogen-bond donors (Lipinski definition) is 0. The minimum absolute atomic E-state index is 0.0746. The molecule has 3 nitrogen and oxygen atoms in total. The van der Waals surface area contributed by atoms with E-state index in [1.54, 1.807) is 6.20 Å². The molecule has 1 aromatic rings. The lowest BCUT2D eigenvalue weighted by molar-refractivity contribution is 0.572. The lowest BCUT2D eigenvalue weighted by Crippen LogP contribution is -2.11. The molecule has 3 heteroatoms. The van der Waals surface area contributed by atoms with Crippen LogP contribution in [0.25, 0.3) is 11.4 Å². The zero-order valence-electron chi connectivity index (χ0n) is 12.2. The largest absolute Gasteiger partial charge is 0.328 e. The van der Waals surface area contributed by atoms with Crippen LogP contribution in [0.1, 0.15) is 32.0 Å². The van der Waals surface area contributed by atoms with Gasteiger partial charge in [-0.3, -0.25) is 4.98 Å². The second-order valence-corrected chi connectivity index (χ2v) is 6.17. The molecule has 0 radical (unpaired) electrons. The summed E-state index contributed by atoms with van der Waals surface area (Å²) in [4.78, 5) is 8.99. The van der Waals surface area contributed by atoms with E-state index in [1.165, 1.54) is 11.1 Å². The predicted molar refractivity (Wildman–Crippen MR) is 80.9 cm³/mol. The molecule has 1 aromatic heterocycles. The minimum atomic E-state index is 0.0746. The lowest BCUT2D eigenvalue weighted by Gasteiger charge is -2.14. The third-order valence-corrected chi connectivity index (χ3v) is 3.43. The van der Waals surface area contributed by atoms with E-state index in [0.29, 0.717) is 0 Å². The van der Waals surface area contributed by atoms with Gasteiger partial charge >= 0.3 is 0 Å². The average molecular weight is 265 g/mol. The van der Waals surface area contributed by atoms with Gasteiger partial charge in [0, 0.05) is 35.3 Å². The standard InChI is InChI=1S/C17H19N3/c1-17(2,3)15-10-14-7-5-9-20(16(14)19-15)12-13-6-4-8-18-11-13/h4-11H,12H2,1-3H3. The van der Waals surface area contributed by atoms with Crippen LogP contribution in [0.2, 0.25) is 0 Å². The quantitative estimate of drug-likeness (QED) is 0.707. The Morgan fingerprint density at radius 3 is 2.70 bits per heavy atom. The molecule has 0 spiro atoms. The Labute approximate surface area is 119 Å². The van der Waals surface area contributed by atoms with Crippen LogP contribution in [-0.4, -0.2) is 14.5 Å². The van der Waals surface area contributed by atoms with Gasteiger partial charge in [0.25, 0.3) is 0 Å². The van der Waals surface area contributed by atoms with Crippen molar-refractivity contribution in [2.75, 3.05) is 0 Å². The molecule has 0 aliphatic carbocycles. The number of pyridine rings is 2. The number of hydrogen-bond acceptors (Lipinski definition) is 2. The van der Waals surface area contributed by atoms with Crippen molar-refractivity contribution in [1.82, 2.24) is 14.5 Å². The van der Waals surface area contributed by atoms with E-state index in [-0.39, 0.29) is 5.41 Å².